The summed E-state index contributed by atoms with van der Waals surface area (Å²) in [5.74, 6) is 0.553. The van der Waals surface area contributed by atoms with E-state index in [4.69, 9.17) is 44.0 Å². The van der Waals surface area contributed by atoms with Crippen molar-refractivity contribution in [3.63, 3.8) is 0 Å². The first-order valence-electron chi connectivity index (χ1n) is 9.36. The van der Waals surface area contributed by atoms with Crippen LogP contribution in [-0.4, -0.2) is 17.5 Å². The first kappa shape index (κ1) is 21.5. The number of fused-ring (bicyclic) bond motifs is 1. The number of ether oxygens (including phenoxy) is 1. The van der Waals surface area contributed by atoms with Gasteiger partial charge in [-0.3, -0.25) is 4.79 Å². The van der Waals surface area contributed by atoms with Gasteiger partial charge in [0.25, 0.3) is 5.91 Å². The maximum Gasteiger partial charge on any atom is 0.262 e. The topological polar surface area (TPSA) is 64.4 Å². The molecule has 158 valence electrons. The smallest absolute Gasteiger partial charge is 0.262 e. The van der Waals surface area contributed by atoms with E-state index in [9.17, 15) is 4.79 Å². The van der Waals surface area contributed by atoms with Crippen LogP contribution in [0, 0.1) is 13.8 Å². The van der Waals surface area contributed by atoms with Crippen LogP contribution in [0.1, 0.15) is 11.1 Å². The Morgan fingerprint density at radius 1 is 1.06 bits per heavy atom. The third-order valence-corrected chi connectivity index (χ3v) is 5.46. The van der Waals surface area contributed by atoms with E-state index in [1.54, 1.807) is 36.4 Å². The number of nitrogens with zero attached hydrogens (tertiary/aromatic N) is 1. The van der Waals surface area contributed by atoms with Crippen LogP contribution >= 0.6 is 34.8 Å². The van der Waals surface area contributed by atoms with Gasteiger partial charge >= 0.3 is 0 Å². The Kier molecular flexibility index (Phi) is 6.10. The Morgan fingerprint density at radius 2 is 1.87 bits per heavy atom. The van der Waals surface area contributed by atoms with Crippen molar-refractivity contribution in [1.82, 2.24) is 4.98 Å². The molecule has 0 unspecified atom stereocenters. The molecule has 0 aliphatic heterocycles. The van der Waals surface area contributed by atoms with Crippen molar-refractivity contribution >= 4 is 57.5 Å². The molecule has 0 spiro atoms. The van der Waals surface area contributed by atoms with Gasteiger partial charge in [-0.1, -0.05) is 40.9 Å². The molecule has 0 bridgehead atoms. The molecule has 1 aromatic heterocycles. The van der Waals surface area contributed by atoms with E-state index < -0.39 is 0 Å². The summed E-state index contributed by atoms with van der Waals surface area (Å²) in [4.78, 5) is 17.0. The van der Waals surface area contributed by atoms with E-state index in [0.717, 1.165) is 16.7 Å². The van der Waals surface area contributed by atoms with Crippen molar-refractivity contribution in [2.24, 2.45) is 0 Å². The molecule has 0 saturated carbocycles. The van der Waals surface area contributed by atoms with Crippen molar-refractivity contribution < 1.29 is 13.9 Å². The van der Waals surface area contributed by atoms with Gasteiger partial charge in [-0.15, -0.1) is 0 Å². The molecule has 31 heavy (non-hydrogen) atoms. The second-order valence-corrected chi connectivity index (χ2v) is 8.26. The van der Waals surface area contributed by atoms with E-state index in [2.05, 4.69) is 10.3 Å². The first-order valence-corrected chi connectivity index (χ1v) is 10.5. The SMILES string of the molecule is Cc1cc(Cl)cc(Cl)c1OCC(=O)Nc1cccc(-c2nc3cc(Cl)ccc3o2)c1C. The van der Waals surface area contributed by atoms with Crippen LogP contribution in [0.2, 0.25) is 15.1 Å². The Bertz CT molecular complexity index is 1280. The molecule has 3 aromatic carbocycles. The molecule has 1 heterocycles. The summed E-state index contributed by atoms with van der Waals surface area (Å²) in [6.45, 7) is 3.49. The van der Waals surface area contributed by atoms with Crippen LogP contribution in [0.4, 0.5) is 5.69 Å². The number of rotatable bonds is 5. The van der Waals surface area contributed by atoms with Crippen LogP contribution < -0.4 is 10.1 Å². The quantitative estimate of drug-likeness (QED) is 0.335. The van der Waals surface area contributed by atoms with Crippen LogP contribution in [0.5, 0.6) is 5.75 Å². The lowest BCUT2D eigenvalue weighted by Crippen LogP contribution is -2.21. The van der Waals surface area contributed by atoms with Crippen LogP contribution in [-0.2, 0) is 4.79 Å². The Balaban J connectivity index is 1.52. The third kappa shape index (κ3) is 4.64. The average molecular weight is 476 g/mol. The van der Waals surface area contributed by atoms with Crippen LogP contribution in [0.25, 0.3) is 22.6 Å². The largest absolute Gasteiger partial charge is 0.482 e. The maximum atomic E-state index is 12.5. The molecule has 5 nitrogen and oxygen atoms in total. The summed E-state index contributed by atoms with van der Waals surface area (Å²) >= 11 is 18.2. The number of halogens is 3. The van der Waals surface area contributed by atoms with Gasteiger partial charge in [0, 0.05) is 21.3 Å². The minimum Gasteiger partial charge on any atom is -0.482 e. The standard InChI is InChI=1S/C23H17Cl3N2O3/c1-12-8-15(25)9-17(26)22(12)30-11-21(29)27-18-5-3-4-16(13(18)2)23-28-19-10-14(24)6-7-20(19)31-23/h3-10H,11H2,1-2H3,(H,27,29). The Morgan fingerprint density at radius 3 is 2.65 bits per heavy atom. The van der Waals surface area contributed by atoms with Gasteiger partial charge in [0.2, 0.25) is 5.89 Å². The molecule has 0 atom stereocenters. The zero-order valence-electron chi connectivity index (χ0n) is 16.6. The molecule has 4 rings (SSSR count). The fourth-order valence-electron chi connectivity index (χ4n) is 3.21. The molecular formula is C23H17Cl3N2O3. The highest BCUT2D eigenvalue weighted by Gasteiger charge is 2.15. The van der Waals surface area contributed by atoms with Crippen LogP contribution in [0.3, 0.4) is 0 Å². The molecule has 0 aliphatic rings. The lowest BCUT2D eigenvalue weighted by atomic mass is 10.1. The molecule has 4 aromatic rings. The second kappa shape index (κ2) is 8.79. The Hall–Kier alpha value is -2.73. The molecule has 0 fully saturated rings. The number of nitrogens with one attached hydrogen (secondary N) is 1. The lowest BCUT2D eigenvalue weighted by Gasteiger charge is -2.13. The highest BCUT2D eigenvalue weighted by molar-refractivity contribution is 6.35. The number of benzene rings is 3. The molecule has 0 saturated heterocycles. The van der Waals surface area contributed by atoms with Gasteiger partial charge in [0.1, 0.15) is 11.3 Å². The van der Waals surface area contributed by atoms with Crippen molar-refractivity contribution in [1.29, 1.82) is 0 Å². The fourth-order valence-corrected chi connectivity index (χ4v) is 4.03. The van der Waals surface area contributed by atoms with Crippen molar-refractivity contribution in [2.45, 2.75) is 13.8 Å². The number of aryl methyl sites for hydroxylation is 1. The number of hydrogen-bond acceptors (Lipinski definition) is 4. The predicted octanol–water partition coefficient (Wildman–Crippen LogP) is 7.09. The minimum atomic E-state index is -0.324. The minimum absolute atomic E-state index is 0.201. The van der Waals surface area contributed by atoms with E-state index in [0.29, 0.717) is 43.5 Å². The summed E-state index contributed by atoms with van der Waals surface area (Å²) in [7, 11) is 0. The van der Waals surface area contributed by atoms with E-state index >= 15 is 0 Å². The molecule has 1 amide bonds. The molecule has 8 heteroatoms. The number of aromatic nitrogens is 1. The average Bonchev–Trinajstić information content (AvgIpc) is 3.11. The van der Waals surface area contributed by atoms with Gasteiger partial charge in [-0.05, 0) is 67.4 Å². The molecule has 1 N–H and O–H groups in total. The zero-order valence-corrected chi connectivity index (χ0v) is 18.9. The summed E-state index contributed by atoms with van der Waals surface area (Å²) in [5.41, 5.74) is 4.26. The van der Waals surface area contributed by atoms with Gasteiger partial charge in [0.05, 0.1) is 5.02 Å². The highest BCUT2D eigenvalue weighted by atomic mass is 35.5. The fraction of sp³-hybridized carbons (Fsp3) is 0.130. The monoisotopic (exact) mass is 474 g/mol. The van der Waals surface area contributed by atoms with Crippen molar-refractivity contribution in [2.75, 3.05) is 11.9 Å². The summed E-state index contributed by atoms with van der Waals surface area (Å²) in [6, 6.07) is 14.1. The highest BCUT2D eigenvalue weighted by Crippen LogP contribution is 2.33. The zero-order chi connectivity index (χ0) is 22.1. The second-order valence-electron chi connectivity index (χ2n) is 6.98. The lowest BCUT2D eigenvalue weighted by molar-refractivity contribution is -0.118. The van der Waals surface area contributed by atoms with Gasteiger partial charge in [0.15, 0.2) is 12.2 Å². The number of oxazole rings is 1. The van der Waals surface area contributed by atoms with E-state index in [-0.39, 0.29) is 12.5 Å². The molecule has 0 aliphatic carbocycles. The normalized spacial score (nSPS) is 11.0. The summed E-state index contributed by atoms with van der Waals surface area (Å²) in [6.07, 6.45) is 0. The number of hydrogen-bond donors (Lipinski definition) is 1. The van der Waals surface area contributed by atoms with Gasteiger partial charge in [-0.2, -0.15) is 0 Å². The number of anilines is 1. The van der Waals surface area contributed by atoms with Crippen molar-refractivity contribution in [3.8, 4) is 17.2 Å². The number of carbonyl (C=O) groups excluding carboxylic acids is 1. The molecule has 0 radical (unpaired) electrons. The summed E-state index contributed by atoms with van der Waals surface area (Å²) < 4.78 is 11.5. The van der Waals surface area contributed by atoms with E-state index in [1.165, 1.54) is 0 Å². The van der Waals surface area contributed by atoms with Gasteiger partial charge < -0.3 is 14.5 Å². The predicted molar refractivity (Wildman–Crippen MR) is 125 cm³/mol. The van der Waals surface area contributed by atoms with E-state index in [1.807, 2.05) is 26.0 Å². The Labute approximate surface area is 193 Å². The number of amides is 1. The van der Waals surface area contributed by atoms with Crippen molar-refractivity contribution in [3.05, 3.63) is 74.7 Å². The first-order chi connectivity index (χ1) is 14.8. The summed E-state index contributed by atoms with van der Waals surface area (Å²) in [5, 5.41) is 4.31. The maximum absolute atomic E-state index is 12.5. The third-order valence-electron chi connectivity index (χ3n) is 4.73. The van der Waals surface area contributed by atoms with Crippen LogP contribution in [0.15, 0.2) is 52.9 Å². The number of carbonyl (C=O) groups is 1. The molecular weight excluding hydrogens is 459 g/mol. The van der Waals surface area contributed by atoms with Gasteiger partial charge in [-0.25, -0.2) is 4.98 Å².